The number of halogens is 7. The first-order valence-electron chi connectivity index (χ1n) is 44.5. The fourth-order valence-electron chi connectivity index (χ4n) is 15.3. The predicted octanol–water partition coefficient (Wildman–Crippen LogP) is 14.4. The van der Waals surface area contributed by atoms with E-state index in [-0.39, 0.29) is 84.3 Å². The number of methoxy groups -OCH3 is 2. The molecule has 14 N–H and O–H groups in total. The number of anilines is 1. The Kier molecular flexibility index (Phi) is 43.7. The molecule has 8 aromatic heterocycles. The van der Waals surface area contributed by atoms with E-state index in [1.807, 2.05) is 30.3 Å². The van der Waals surface area contributed by atoms with E-state index < -0.39 is 45.3 Å². The van der Waals surface area contributed by atoms with Gasteiger partial charge in [0.25, 0.3) is 57.6 Å². The molecule has 0 spiro atoms. The number of hydrogen-bond donors (Lipinski definition) is 8. The zero-order chi connectivity index (χ0) is 108. The topological polar surface area (TPSA) is 602 Å². The van der Waals surface area contributed by atoms with Crippen molar-refractivity contribution in [3.8, 4) is 28.8 Å². The minimum Gasteiger partial charge on any atom is -0.465 e. The Balaban J connectivity index is 0.000000230. The number of carbonyl (C=O) groups is 8. The number of rotatable bonds is 13. The molecule has 0 aliphatic carbocycles. The third-order valence-electron chi connectivity index (χ3n) is 22.1. The molecule has 4 amide bonds. The number of hydrogen-bond acceptors (Lipinski definition) is 32. The van der Waals surface area contributed by atoms with E-state index in [2.05, 4.69) is 245 Å². The van der Waals surface area contributed by atoms with E-state index in [4.69, 9.17) is 37.3 Å². The van der Waals surface area contributed by atoms with Crippen LogP contribution in [-0.4, -0.2) is 161 Å². The Morgan fingerprint density at radius 1 is 0.473 bits per heavy atom. The van der Waals surface area contributed by atoms with Gasteiger partial charge < -0.3 is 40.1 Å². The molecule has 0 atom stereocenters. The van der Waals surface area contributed by atoms with Crippen molar-refractivity contribution in [2.24, 2.45) is 44.6 Å². The summed E-state index contributed by atoms with van der Waals surface area (Å²) in [4.78, 5) is 172. The third kappa shape index (κ3) is 35.0. The average molecular weight is 2190 g/mol. The molecule has 146 heavy (non-hydrogen) atoms. The van der Waals surface area contributed by atoms with Gasteiger partial charge in [-0.15, -0.1) is 10.2 Å². The number of ether oxygens (including phenoxy) is 3. The minimum absolute atomic E-state index is 0. The van der Waals surface area contributed by atoms with Crippen LogP contribution in [0.3, 0.4) is 0 Å². The van der Waals surface area contributed by atoms with Crippen LogP contribution < -0.4 is 71.8 Å². The lowest BCUT2D eigenvalue weighted by molar-refractivity contribution is -0.121. The Morgan fingerprint density at radius 3 is 1.16 bits per heavy atom. The summed E-state index contributed by atoms with van der Waals surface area (Å²) in [5.74, 6) is 15.0. The van der Waals surface area contributed by atoms with E-state index in [0.29, 0.717) is 128 Å². The second-order valence-electron chi connectivity index (χ2n) is 36.7. The Labute approximate surface area is 872 Å². The van der Waals surface area contributed by atoms with Crippen molar-refractivity contribution in [3.63, 3.8) is 0 Å². The van der Waals surface area contributed by atoms with Gasteiger partial charge in [-0.2, -0.15) is 0 Å². The van der Waals surface area contributed by atoms with E-state index >= 15 is 0 Å². The minimum atomic E-state index is -3.22. The van der Waals surface area contributed by atoms with Gasteiger partial charge in [0.05, 0.1) is 74.6 Å². The third-order valence-corrected chi connectivity index (χ3v) is 22.3. The first kappa shape index (κ1) is 120. The SMILES string of the molecule is CC1(C)CNC(=O)C1.CC1(C)Cc2nc3cc(-c4nnc(-c5ccccn5)o4)ccc3c(=O)n2C1.CC1(C)Cc2nc3cc(C(=O)NN)ccc3c(=O)n2C1.CC1(C)Cc2nc3cc(C(=O)NNC(=O)c4ccccn4)ccc3c(=O)n2C1.CCN(CC)CC.COC(=O)c1ccc(OC=O)c(N)c1.COC(=O)c1ccc2c(=O)n3c(nc2c1)CC(C)(C)C3.NN.O.O=C(Cl)c1ccccn1.O=P(Cl)(Cl)Cl.O=P(Cl)(Cl)Cl. The number of nitrogens with two attached hydrogens (primary N) is 4. The number of hydrazine groups is 3. The maximum Gasteiger partial charge on any atom is 0.339 e. The van der Waals surface area contributed by atoms with Crippen LogP contribution in [-0.2, 0) is 80.1 Å². The summed E-state index contributed by atoms with van der Waals surface area (Å²) in [5.41, 5.74) is 18.1. The van der Waals surface area contributed by atoms with Crippen LogP contribution >= 0.6 is 89.4 Å². The molecule has 1 saturated heterocycles. The zero-order valence-electron chi connectivity index (χ0n) is 82.3. The monoisotopic (exact) mass is 2180 g/mol. The molecule has 50 heteroatoms. The molecule has 5 aliphatic heterocycles. The Bertz CT molecular complexity index is 7080. The highest BCUT2D eigenvalue weighted by Crippen LogP contribution is 2.62. The van der Waals surface area contributed by atoms with Gasteiger partial charge in [0.15, 0.2) is 5.75 Å². The Hall–Kier alpha value is -12.7. The molecule has 13 heterocycles. The lowest BCUT2D eigenvalue weighted by atomic mass is 9.92. The quantitative estimate of drug-likeness (QED) is 0.00776. The van der Waals surface area contributed by atoms with Crippen molar-refractivity contribution in [3.05, 3.63) is 263 Å². The van der Waals surface area contributed by atoms with E-state index in [1.165, 1.54) is 70.5 Å². The smallest absolute Gasteiger partial charge is 0.339 e. The molecule has 0 radical (unpaired) electrons. The van der Waals surface area contributed by atoms with Crippen molar-refractivity contribution in [2.45, 2.75) is 148 Å². The molecule has 780 valence electrons. The van der Waals surface area contributed by atoms with Crippen LogP contribution in [0.1, 0.15) is 182 Å². The molecule has 13 aromatic rings. The number of benzene rings is 5. The van der Waals surface area contributed by atoms with Gasteiger partial charge in [-0.1, -0.05) is 108 Å². The van der Waals surface area contributed by atoms with Crippen LogP contribution in [0, 0.1) is 27.1 Å². The summed E-state index contributed by atoms with van der Waals surface area (Å²) in [6.45, 7) is 35.0. The van der Waals surface area contributed by atoms with Gasteiger partial charge in [0.1, 0.15) is 40.4 Å². The van der Waals surface area contributed by atoms with Crippen molar-refractivity contribution in [1.29, 1.82) is 0 Å². The van der Waals surface area contributed by atoms with Gasteiger partial charge in [-0.3, -0.25) is 118 Å². The molecule has 18 rings (SSSR count). The number of fused-ring (bicyclic) bond motifs is 8. The number of esters is 2. The molecule has 5 aliphatic rings. The first-order valence-corrected chi connectivity index (χ1v) is 53.7. The van der Waals surface area contributed by atoms with Crippen molar-refractivity contribution in [2.75, 3.05) is 46.1 Å². The Morgan fingerprint density at radius 2 is 0.829 bits per heavy atom. The maximum absolute atomic E-state index is 12.8. The fourth-order valence-corrected chi connectivity index (χ4v) is 15.4. The van der Waals surface area contributed by atoms with Gasteiger partial charge in [0, 0.05) is 100 Å². The van der Waals surface area contributed by atoms with Gasteiger partial charge >= 0.3 is 22.3 Å². The average Bonchev–Trinajstić information content (AvgIpc) is 1.61. The van der Waals surface area contributed by atoms with Gasteiger partial charge in [-0.05, 0) is 253 Å². The summed E-state index contributed by atoms with van der Waals surface area (Å²) in [7, 11) is 2.61. The van der Waals surface area contributed by atoms with Gasteiger partial charge in [-0.25, -0.2) is 35.4 Å². The fraction of sp³-hybridized carbons (Fsp3) is 0.344. The van der Waals surface area contributed by atoms with Crippen LogP contribution in [0.4, 0.5) is 5.69 Å². The second kappa shape index (κ2) is 53.1. The standard InChI is InChI=1S/C20H19N5O3.C20H17N5O2.C15H16N2O3.C14H16N4O2.C9H9NO4.C6H4ClNO.C6H11NO.C6H15N.2Cl3OP.H4N2.H2O/c1-20(2)10-16-22-15-9-12(6-7-13(15)19(28)25(16)11-20)17(26)23-24-18(27)14-5-3-4-8-21-14;1-20(2)10-16-22-15-9-12(6-7-13(15)19(26)25(16)11-20)17-23-24-18(27-17)14-5-3-4-8-21-14;1-15(2)7-12-16-11-6-9(14(19)20-3)4-5-10(11)13(18)17(12)8-15;1-14(2)6-11-16-10-5-8(12(19)17-15)3-4-9(10)13(20)18(11)7-14;1-13-9(12)6-2-3-8(14-5-11)7(10)4-6;7-6(9)5-3-1-2-4-8-5;1-6(2)3-5(8)7-4-6;1-4-7(5-2)6-3;2*1-5(2,3)4;1-2;/h3-9H,10-11H2,1-2H3,(H,23,26)(H,24,27);3-9H,10-11H2,1-2H3;4-6H,7-8H2,1-3H3;3-5H,6-7,15H2,1-2H3,(H,17,19);2-5H,10H2,1H3;1-4H;3-4H2,1-2H3,(H,7,8);4-6H2,1-3H3;;;1-2H2;1H2. The van der Waals surface area contributed by atoms with E-state index in [1.54, 1.807) is 115 Å². The van der Waals surface area contributed by atoms with E-state index in [0.717, 1.165) is 54.7 Å². The highest BCUT2D eigenvalue weighted by Gasteiger charge is 2.36. The van der Waals surface area contributed by atoms with Crippen LogP contribution in [0.5, 0.6) is 5.75 Å². The molecule has 5 aromatic carbocycles. The molecule has 0 unspecified atom stereocenters. The summed E-state index contributed by atoms with van der Waals surface area (Å²) in [6, 6.07) is 39.5. The number of nitrogen functional groups attached to an aromatic ring is 2. The lowest BCUT2D eigenvalue weighted by Gasteiger charge is -2.13. The molecule has 1 fully saturated rings. The molecule has 41 nitrogen and oxygen atoms in total. The molecule has 0 bridgehead atoms. The number of nitrogens with zero attached hydrogens (tertiary/aromatic N) is 14. The summed E-state index contributed by atoms with van der Waals surface area (Å²) in [5, 5.41) is 6.14. The predicted molar refractivity (Wildman–Crippen MR) is 563 cm³/mol. The van der Waals surface area contributed by atoms with Crippen LogP contribution in [0.15, 0.2) is 188 Å². The van der Waals surface area contributed by atoms with Crippen molar-refractivity contribution >= 4 is 186 Å². The highest BCUT2D eigenvalue weighted by atomic mass is 36.1. The zero-order valence-corrected chi connectivity index (χ0v) is 89.4. The first-order chi connectivity index (χ1) is 68.1. The summed E-state index contributed by atoms with van der Waals surface area (Å²) >= 11 is 32.8. The van der Waals surface area contributed by atoms with Crippen molar-refractivity contribution < 1.29 is 71.6 Å². The largest absolute Gasteiger partial charge is 0.465 e. The normalized spacial score (nSPS) is 14.2. The van der Waals surface area contributed by atoms with Crippen LogP contribution in [0.2, 0.25) is 0 Å². The van der Waals surface area contributed by atoms with Gasteiger partial charge in [0.2, 0.25) is 11.8 Å². The highest BCUT2D eigenvalue weighted by molar-refractivity contribution is 8.25. The molecule has 0 saturated carbocycles. The number of aromatic nitrogens is 13. The van der Waals surface area contributed by atoms with Crippen LogP contribution in [0.25, 0.3) is 66.7 Å². The van der Waals surface area contributed by atoms with Crippen molar-refractivity contribution in [1.82, 2.24) is 89.8 Å². The summed E-state index contributed by atoms with van der Waals surface area (Å²) in [6.07, 6.45) is 8.38. The summed E-state index contributed by atoms with van der Waals surface area (Å²) < 4.78 is 45.5. The molecular weight excluding hydrogens is 2080 g/mol. The lowest BCUT2D eigenvalue weighted by Crippen LogP contribution is -2.41. The number of nitrogens with one attached hydrogen (secondary N) is 4. The number of amides is 4. The second-order valence-corrected chi connectivity index (χ2v) is 50.3. The number of pyridine rings is 3. The maximum atomic E-state index is 12.8. The van der Waals surface area contributed by atoms with E-state index in [9.17, 15) is 66.7 Å². The molecular formula is C96H113Cl7N22O19P2. The number of carbonyl (C=O) groups excluding carboxylic acids is 8.